The van der Waals surface area contributed by atoms with Crippen LogP contribution in [0.1, 0.15) is 13.3 Å². The minimum absolute atomic E-state index is 0.150. The van der Waals surface area contributed by atoms with Gasteiger partial charge in [0.05, 0.1) is 11.8 Å². The summed E-state index contributed by atoms with van der Waals surface area (Å²) in [6.45, 7) is 1.71. The maximum Gasteiger partial charge on any atom is 0.313 e. The molecule has 1 N–H and O–H groups in total. The largest absolute Gasteiger partial charge is 0.508 e. The van der Waals surface area contributed by atoms with E-state index >= 15 is 0 Å². The van der Waals surface area contributed by atoms with Crippen molar-refractivity contribution in [3.63, 3.8) is 0 Å². The van der Waals surface area contributed by atoms with E-state index in [0.717, 1.165) is 5.56 Å². The van der Waals surface area contributed by atoms with Crippen molar-refractivity contribution >= 4 is 5.97 Å². The number of ether oxygens (including phenoxy) is 1. The molecule has 0 aliphatic rings. The Morgan fingerprint density at radius 3 is 2.94 bits per heavy atom. The zero-order chi connectivity index (χ0) is 12.3. The molecule has 0 spiro atoms. The van der Waals surface area contributed by atoms with E-state index in [1.807, 2.05) is 0 Å². The molecule has 1 aromatic carbocycles. The van der Waals surface area contributed by atoms with Crippen molar-refractivity contribution < 1.29 is 19.1 Å². The molecule has 0 saturated heterocycles. The van der Waals surface area contributed by atoms with E-state index in [0.29, 0.717) is 5.56 Å². The van der Waals surface area contributed by atoms with Gasteiger partial charge >= 0.3 is 5.97 Å². The highest BCUT2D eigenvalue weighted by Gasteiger charge is 2.13. The summed E-state index contributed by atoms with van der Waals surface area (Å²) in [6, 6.07) is 8.35. The van der Waals surface area contributed by atoms with Crippen molar-refractivity contribution in [1.82, 2.24) is 0 Å². The molecular formula is C13H12O4. The molecule has 0 radical (unpaired) electrons. The van der Waals surface area contributed by atoms with Gasteiger partial charge in [0.2, 0.25) is 0 Å². The molecule has 4 heteroatoms. The van der Waals surface area contributed by atoms with E-state index in [-0.39, 0.29) is 24.1 Å². The number of phenolic OH excluding ortho intramolecular Hbond substituents is 1. The first-order valence-corrected chi connectivity index (χ1v) is 5.28. The fourth-order valence-corrected chi connectivity index (χ4v) is 1.44. The molecule has 2 aromatic rings. The minimum Gasteiger partial charge on any atom is -0.508 e. The number of carbonyl (C=O) groups is 1. The highest BCUT2D eigenvalue weighted by molar-refractivity contribution is 5.76. The number of hydrogen-bond acceptors (Lipinski definition) is 4. The highest BCUT2D eigenvalue weighted by Crippen LogP contribution is 2.32. The van der Waals surface area contributed by atoms with E-state index in [9.17, 15) is 9.90 Å². The van der Waals surface area contributed by atoms with Gasteiger partial charge in [-0.2, -0.15) is 0 Å². The lowest BCUT2D eigenvalue weighted by molar-refractivity contribution is -0.135. The Kier molecular flexibility index (Phi) is 3.14. The second kappa shape index (κ2) is 4.74. The molecule has 2 rings (SSSR count). The minimum atomic E-state index is -0.360. The molecule has 0 unspecified atom stereocenters. The van der Waals surface area contributed by atoms with Crippen molar-refractivity contribution in [3.8, 4) is 22.8 Å². The lowest BCUT2D eigenvalue weighted by Gasteiger charge is -2.03. The van der Waals surface area contributed by atoms with Crippen LogP contribution in [-0.4, -0.2) is 11.1 Å². The molecule has 4 nitrogen and oxygen atoms in total. The quantitative estimate of drug-likeness (QED) is 0.826. The molecule has 1 aromatic heterocycles. The van der Waals surface area contributed by atoms with E-state index < -0.39 is 0 Å². The van der Waals surface area contributed by atoms with Gasteiger partial charge in [-0.3, -0.25) is 4.79 Å². The Morgan fingerprint density at radius 1 is 1.41 bits per heavy atom. The van der Waals surface area contributed by atoms with Crippen molar-refractivity contribution in [1.29, 1.82) is 0 Å². The zero-order valence-corrected chi connectivity index (χ0v) is 9.34. The summed E-state index contributed by atoms with van der Waals surface area (Å²) in [5.41, 5.74) is 1.38. The number of furan rings is 1. The fourth-order valence-electron chi connectivity index (χ4n) is 1.44. The van der Waals surface area contributed by atoms with Gasteiger partial charge in [-0.25, -0.2) is 0 Å². The van der Waals surface area contributed by atoms with Gasteiger partial charge in [-0.15, -0.1) is 0 Å². The lowest BCUT2D eigenvalue weighted by atomic mass is 10.1. The number of rotatable bonds is 3. The van der Waals surface area contributed by atoms with Crippen LogP contribution in [0.4, 0.5) is 0 Å². The molecule has 0 aliphatic carbocycles. The fraction of sp³-hybridized carbons (Fsp3) is 0.154. The SMILES string of the molecule is CCC(=O)Oc1occc1-c1cccc(O)c1. The van der Waals surface area contributed by atoms with Crippen molar-refractivity contribution in [2.75, 3.05) is 0 Å². The summed E-state index contributed by atoms with van der Waals surface area (Å²) in [4.78, 5) is 11.2. The van der Waals surface area contributed by atoms with Crippen molar-refractivity contribution in [2.24, 2.45) is 0 Å². The van der Waals surface area contributed by atoms with E-state index in [2.05, 4.69) is 0 Å². The normalized spacial score (nSPS) is 10.2. The van der Waals surface area contributed by atoms with Crippen LogP contribution in [-0.2, 0) is 4.79 Å². The first-order chi connectivity index (χ1) is 8.20. The van der Waals surface area contributed by atoms with Gasteiger partial charge in [0.25, 0.3) is 5.95 Å². The Balaban J connectivity index is 2.33. The van der Waals surface area contributed by atoms with Crippen LogP contribution < -0.4 is 4.74 Å². The average Bonchev–Trinajstić information content (AvgIpc) is 2.77. The number of benzene rings is 1. The molecule has 0 bridgehead atoms. The van der Waals surface area contributed by atoms with Gasteiger partial charge in [0.15, 0.2) is 0 Å². The Morgan fingerprint density at radius 2 is 2.24 bits per heavy atom. The first-order valence-electron chi connectivity index (χ1n) is 5.28. The van der Waals surface area contributed by atoms with Gasteiger partial charge in [0.1, 0.15) is 5.75 Å². The van der Waals surface area contributed by atoms with Crippen LogP contribution in [0.15, 0.2) is 41.0 Å². The predicted octanol–water partition coefficient (Wildman–Crippen LogP) is 2.97. The number of aromatic hydroxyl groups is 1. The molecule has 0 saturated carbocycles. The average molecular weight is 232 g/mol. The third-order valence-electron chi connectivity index (χ3n) is 2.28. The van der Waals surface area contributed by atoms with Gasteiger partial charge < -0.3 is 14.3 Å². The topological polar surface area (TPSA) is 59.7 Å². The summed E-state index contributed by atoms with van der Waals surface area (Å²) < 4.78 is 10.1. The Bertz CT molecular complexity index is 528. The summed E-state index contributed by atoms with van der Waals surface area (Å²) in [6.07, 6.45) is 1.72. The number of phenols is 1. The lowest BCUT2D eigenvalue weighted by Crippen LogP contribution is -2.05. The van der Waals surface area contributed by atoms with Crippen LogP contribution in [0.2, 0.25) is 0 Å². The maximum absolute atomic E-state index is 11.2. The summed E-state index contributed by atoms with van der Waals surface area (Å²) in [5, 5.41) is 9.39. The summed E-state index contributed by atoms with van der Waals surface area (Å²) in [5.74, 6) is -0.0553. The van der Waals surface area contributed by atoms with Crippen LogP contribution in [0.25, 0.3) is 11.1 Å². The molecule has 17 heavy (non-hydrogen) atoms. The Labute approximate surface area is 98.4 Å². The zero-order valence-electron chi connectivity index (χ0n) is 9.34. The molecular weight excluding hydrogens is 220 g/mol. The number of carbonyl (C=O) groups excluding carboxylic acids is 1. The van der Waals surface area contributed by atoms with E-state index in [4.69, 9.17) is 9.15 Å². The third kappa shape index (κ3) is 2.47. The molecule has 0 amide bonds. The smallest absolute Gasteiger partial charge is 0.313 e. The standard InChI is InChI=1S/C13H12O4/c1-2-12(15)17-13-11(6-7-16-13)9-4-3-5-10(14)8-9/h3-8,14H,2H2,1H3. The van der Waals surface area contributed by atoms with Crippen LogP contribution in [0.3, 0.4) is 0 Å². The van der Waals surface area contributed by atoms with E-state index in [1.54, 1.807) is 37.3 Å². The van der Waals surface area contributed by atoms with Crippen LogP contribution in [0, 0.1) is 0 Å². The highest BCUT2D eigenvalue weighted by atomic mass is 16.6. The Hall–Kier alpha value is -2.23. The molecule has 0 fully saturated rings. The maximum atomic E-state index is 11.2. The second-order valence-electron chi connectivity index (χ2n) is 3.50. The van der Waals surface area contributed by atoms with Gasteiger partial charge in [-0.1, -0.05) is 19.1 Å². The second-order valence-corrected chi connectivity index (χ2v) is 3.50. The van der Waals surface area contributed by atoms with Crippen LogP contribution in [0.5, 0.6) is 11.7 Å². The third-order valence-corrected chi connectivity index (χ3v) is 2.28. The number of hydrogen-bond donors (Lipinski definition) is 1. The first kappa shape index (κ1) is 11.3. The monoisotopic (exact) mass is 232 g/mol. The molecule has 88 valence electrons. The molecule has 0 aliphatic heterocycles. The summed E-state index contributed by atoms with van der Waals surface area (Å²) in [7, 11) is 0. The van der Waals surface area contributed by atoms with Crippen LogP contribution >= 0.6 is 0 Å². The van der Waals surface area contributed by atoms with Gasteiger partial charge in [0, 0.05) is 6.42 Å². The van der Waals surface area contributed by atoms with Gasteiger partial charge in [-0.05, 0) is 23.8 Å². The van der Waals surface area contributed by atoms with E-state index in [1.165, 1.54) is 6.26 Å². The number of esters is 1. The molecule has 0 atom stereocenters. The summed E-state index contributed by atoms with van der Waals surface area (Å²) >= 11 is 0. The van der Waals surface area contributed by atoms with Crippen molar-refractivity contribution in [2.45, 2.75) is 13.3 Å². The predicted molar refractivity (Wildman–Crippen MR) is 61.7 cm³/mol. The molecule has 1 heterocycles. The van der Waals surface area contributed by atoms with Crippen molar-refractivity contribution in [3.05, 3.63) is 36.6 Å².